The second kappa shape index (κ2) is 26.0. The van der Waals surface area contributed by atoms with E-state index in [-0.39, 0.29) is 0 Å². The first kappa shape index (κ1) is 56.5. The summed E-state index contributed by atoms with van der Waals surface area (Å²) in [5.41, 5.74) is 10.1. The lowest BCUT2D eigenvalue weighted by molar-refractivity contribution is 0.0812. The zero-order chi connectivity index (χ0) is 61.5. The zero-order valence-corrected chi connectivity index (χ0v) is 49.6. The number of aromatic nitrogens is 8. The maximum absolute atomic E-state index is 12.2. The predicted molar refractivity (Wildman–Crippen MR) is 353 cm³/mol. The van der Waals surface area contributed by atoms with E-state index in [1.54, 1.807) is 18.2 Å². The van der Waals surface area contributed by atoms with Crippen LogP contribution < -0.4 is 24.2 Å². The van der Waals surface area contributed by atoms with Gasteiger partial charge in [0, 0.05) is 101 Å². The Morgan fingerprint density at radius 1 is 0.472 bits per heavy atom. The molecule has 89 heavy (non-hydrogen) atoms. The number of nitrogens with zero attached hydrogens (tertiary/aromatic N) is 7. The second-order valence-electron chi connectivity index (χ2n) is 22.2. The van der Waals surface area contributed by atoms with Crippen molar-refractivity contribution in [2.45, 2.75) is 51.7 Å². The Morgan fingerprint density at radius 3 is 1.35 bits per heavy atom. The lowest BCUT2D eigenvalue weighted by Crippen LogP contribution is -2.21. The number of hydrogen-bond acceptors (Lipinski definition) is 12. The van der Waals surface area contributed by atoms with Crippen LogP contribution in [0.4, 0.5) is 22.2 Å². The summed E-state index contributed by atoms with van der Waals surface area (Å²) >= 11 is 6.00. The van der Waals surface area contributed by atoms with Crippen molar-refractivity contribution in [2.75, 3.05) is 61.1 Å². The maximum atomic E-state index is 12.2. The van der Waals surface area contributed by atoms with Gasteiger partial charge < -0.3 is 49.2 Å². The number of nitrogens with one attached hydrogen (secondary N) is 4. The van der Waals surface area contributed by atoms with Crippen LogP contribution in [-0.2, 0) is 13.2 Å². The van der Waals surface area contributed by atoms with E-state index in [0.717, 1.165) is 152 Å². The second-order valence-corrected chi connectivity index (χ2v) is 22.6. The zero-order valence-electron chi connectivity index (χ0n) is 49.8. The van der Waals surface area contributed by atoms with E-state index >= 15 is 0 Å². The average molecular weight is 1210 g/mol. The number of fused-ring (bicyclic) bond motifs is 12. The Morgan fingerprint density at radius 2 is 0.854 bits per heavy atom. The standard InChI is InChI=1S/C22H21N3O.C18H13ClN2O.C15H13N3O2.C15H15N3O.CH3F/c1-2-8-16(9-3-1)15-26-20-14-19-21(18-11-5-4-10-17(18)20)24-22(23-19)25-12-6-7-13-25;19-18-20-15-10-16(22-11-12-6-2-1-3-7-12)13-8-4-5-9-14(13)17(15)21-18;19-13-10-6-2-1-5-9(10)11-12(14(13)20)17-15(16-11)18-7-3-4-8-18;19-13-9-12-14(11-6-2-1-5-10(11)13)17-15(16-12)18-7-3-4-8-18;1-2/h1-5,8-11,14H,6-7,12-13,15H2,(H,23,24);1-10H,11H2,(H,20,21);1-2,5-6H,3-4,7-8H2,(H,16,17);1-2,5-6,9,19H,3-4,7-8H2,(H,16,17);1H3/i;;;;1D. The molecule has 0 spiro atoms. The molecule has 13 aromatic rings. The molecule has 0 atom stereocenters. The van der Waals surface area contributed by atoms with E-state index < -0.39 is 18.7 Å². The minimum atomic E-state index is -1.00. The molecule has 1 aliphatic carbocycles. The highest BCUT2D eigenvalue weighted by Gasteiger charge is 2.34. The molecule has 0 bridgehead atoms. The Hall–Kier alpha value is -10.3. The third-order valence-corrected chi connectivity index (χ3v) is 16.7. The molecular formula is C71H65ClFN11O5. The van der Waals surface area contributed by atoms with Crippen LogP contribution >= 0.6 is 11.6 Å². The van der Waals surface area contributed by atoms with Gasteiger partial charge in [-0.05, 0) is 61.3 Å². The van der Waals surface area contributed by atoms with Crippen LogP contribution in [0, 0.1) is 0 Å². The Bertz CT molecular complexity index is 4690. The fourth-order valence-corrected chi connectivity index (χ4v) is 12.4. The van der Waals surface area contributed by atoms with E-state index in [1.165, 1.54) is 31.2 Å². The fraction of sp³-hybridized carbons (Fsp3) is 0.211. The number of halogens is 2. The number of Topliss-reactive ketones (excluding diaryl/α,β-unsaturated/α-hetero) is 2. The summed E-state index contributed by atoms with van der Waals surface area (Å²) in [6, 6.07) is 57.6. The average Bonchev–Trinajstić information content (AvgIpc) is 1.65. The van der Waals surface area contributed by atoms with Crippen LogP contribution in [0.15, 0.2) is 176 Å². The number of H-pyrrole nitrogens is 4. The summed E-state index contributed by atoms with van der Waals surface area (Å²) < 4.78 is 27.7. The summed E-state index contributed by atoms with van der Waals surface area (Å²) in [6.07, 6.45) is 7.20. The number of anilines is 3. The first-order chi connectivity index (χ1) is 44.2. The Balaban J connectivity index is 0.000000109. The number of imidazole rings is 4. The summed E-state index contributed by atoms with van der Waals surface area (Å²) in [4.78, 5) is 62.5. The van der Waals surface area contributed by atoms with E-state index in [0.29, 0.717) is 47.1 Å². The number of ketones is 2. The lowest BCUT2D eigenvalue weighted by Gasteiger charge is -2.12. The van der Waals surface area contributed by atoms with Gasteiger partial charge in [0.25, 0.3) is 5.78 Å². The first-order valence-corrected chi connectivity index (χ1v) is 30.4. The minimum Gasteiger partial charge on any atom is -0.507 e. The van der Waals surface area contributed by atoms with Gasteiger partial charge in [-0.25, -0.2) is 19.9 Å². The molecule has 0 radical (unpaired) electrons. The molecule has 17 rings (SSSR count). The molecule has 7 heterocycles. The number of rotatable bonds is 9. The fourth-order valence-electron chi connectivity index (χ4n) is 12.2. The van der Waals surface area contributed by atoms with Gasteiger partial charge in [-0.2, -0.15) is 0 Å². The van der Waals surface area contributed by atoms with Crippen LogP contribution in [-0.4, -0.2) is 103 Å². The molecule has 4 aromatic heterocycles. The highest BCUT2D eigenvalue weighted by atomic mass is 35.5. The van der Waals surface area contributed by atoms with Crippen LogP contribution in [0.5, 0.6) is 17.2 Å². The van der Waals surface area contributed by atoms with Gasteiger partial charge in [0.05, 0.1) is 41.6 Å². The lowest BCUT2D eigenvalue weighted by atomic mass is 9.90. The van der Waals surface area contributed by atoms with Crippen LogP contribution in [0.3, 0.4) is 0 Å². The number of alkyl halides is 1. The van der Waals surface area contributed by atoms with E-state index in [1.807, 2.05) is 115 Å². The molecule has 18 heteroatoms. The van der Waals surface area contributed by atoms with Crippen LogP contribution in [0.2, 0.25) is 5.28 Å². The molecule has 3 saturated heterocycles. The van der Waals surface area contributed by atoms with Crippen molar-refractivity contribution in [1.82, 2.24) is 39.9 Å². The molecule has 0 unspecified atom stereocenters. The number of ether oxygens (including phenoxy) is 2. The summed E-state index contributed by atoms with van der Waals surface area (Å²) in [7, 11) is -1.00. The van der Waals surface area contributed by atoms with E-state index in [9.17, 15) is 19.1 Å². The molecule has 5 N–H and O–H groups in total. The number of hydrogen-bond donors (Lipinski definition) is 5. The smallest absolute Gasteiger partial charge is 0.252 e. The summed E-state index contributed by atoms with van der Waals surface area (Å²) in [6.45, 7) is 7.24. The molecule has 3 aliphatic heterocycles. The normalized spacial score (nSPS) is 14.4. The number of aromatic amines is 4. The molecule has 9 aromatic carbocycles. The van der Waals surface area contributed by atoms with Gasteiger partial charge in [0.1, 0.15) is 41.9 Å². The quantitative estimate of drug-likeness (QED) is 0.0859. The Kier molecular flexibility index (Phi) is 16.5. The van der Waals surface area contributed by atoms with Gasteiger partial charge in [0.15, 0.2) is 0 Å². The molecular weight excluding hydrogens is 1140 g/mol. The van der Waals surface area contributed by atoms with Gasteiger partial charge in [0.2, 0.25) is 28.9 Å². The largest absolute Gasteiger partial charge is 0.507 e. The van der Waals surface area contributed by atoms with Gasteiger partial charge >= 0.3 is 0 Å². The minimum absolute atomic E-state index is 0.305. The molecule has 448 valence electrons. The summed E-state index contributed by atoms with van der Waals surface area (Å²) in [5.74, 6) is 3.68. The Labute approximate surface area is 518 Å². The third-order valence-electron chi connectivity index (χ3n) is 16.6. The van der Waals surface area contributed by atoms with Gasteiger partial charge in [-0.15, -0.1) is 0 Å². The number of aromatic hydroxyl groups is 1. The van der Waals surface area contributed by atoms with Crippen molar-refractivity contribution >= 4 is 106 Å². The molecule has 16 nitrogen and oxygen atoms in total. The number of benzene rings is 9. The molecule has 3 fully saturated rings. The van der Waals surface area contributed by atoms with Gasteiger partial charge in [-0.1, -0.05) is 158 Å². The molecule has 4 aliphatic rings. The van der Waals surface area contributed by atoms with Crippen molar-refractivity contribution in [2.24, 2.45) is 0 Å². The SMILES string of the molecule is Clc1nc2c(cc(OCc3ccccc3)c3ccccc32)[nH]1.O=C1C(=O)c2[nH]c(N3CCCC3)nc2-c2ccccc21.Oc1cc2[nH]c(N3CCCC3)nc2c2ccccc12.[2H]CF.c1ccc(COc2cc3[nH]c(N4CCCC4)nc3c3ccccc23)cc1. The number of carbonyl (C=O) groups excluding carboxylic acids is 2. The van der Waals surface area contributed by atoms with Crippen molar-refractivity contribution in [3.63, 3.8) is 0 Å². The number of carbonyl (C=O) groups is 2. The van der Waals surface area contributed by atoms with E-state index in [2.05, 4.69) is 87.1 Å². The van der Waals surface area contributed by atoms with Crippen LogP contribution in [0.1, 0.15) is 71.9 Å². The monoisotopic (exact) mass is 1210 g/mol. The van der Waals surface area contributed by atoms with Gasteiger partial charge in [-0.3, -0.25) is 14.0 Å². The molecule has 0 saturated carbocycles. The number of phenols is 1. The topological polar surface area (TPSA) is 197 Å². The predicted octanol–water partition coefficient (Wildman–Crippen LogP) is 15.5. The summed E-state index contributed by atoms with van der Waals surface area (Å²) in [5, 5.41) is 16.6. The van der Waals surface area contributed by atoms with Crippen molar-refractivity contribution < 1.29 is 29.9 Å². The number of phenolic OH excluding ortho intramolecular Hbond substituents is 1. The highest BCUT2D eigenvalue weighted by Crippen LogP contribution is 2.38. The van der Waals surface area contributed by atoms with E-state index in [4.69, 9.17) is 32.4 Å². The maximum Gasteiger partial charge on any atom is 0.252 e. The van der Waals surface area contributed by atoms with Crippen molar-refractivity contribution in [1.29, 1.82) is 0 Å². The highest BCUT2D eigenvalue weighted by molar-refractivity contribution is 6.52. The van der Waals surface area contributed by atoms with Crippen molar-refractivity contribution in [3.05, 3.63) is 204 Å². The van der Waals surface area contributed by atoms with Crippen molar-refractivity contribution in [3.8, 4) is 28.5 Å². The van der Waals surface area contributed by atoms with Crippen LogP contribution in [0.25, 0.3) is 76.7 Å². The third kappa shape index (κ3) is 12.0. The first-order valence-electron chi connectivity index (χ1n) is 30.7. The molecule has 0 amide bonds.